The Hall–Kier alpha value is -3.46. The van der Waals surface area contributed by atoms with Gasteiger partial charge in [-0.15, -0.1) is 0 Å². The lowest BCUT2D eigenvalue weighted by Crippen LogP contribution is -2.59. The Kier molecular flexibility index (Phi) is 4.80. The zero-order chi connectivity index (χ0) is 22.5. The number of ether oxygens (including phenoxy) is 1. The van der Waals surface area contributed by atoms with Crippen LogP contribution >= 0.6 is 0 Å². The fourth-order valence-electron chi connectivity index (χ4n) is 5.39. The number of hydrogen-bond acceptors (Lipinski definition) is 2. The summed E-state index contributed by atoms with van der Waals surface area (Å²) in [5, 5.41) is 0. The van der Waals surface area contributed by atoms with E-state index < -0.39 is 0 Å². The quantitative estimate of drug-likeness (QED) is 0.330. The third-order valence-corrected chi connectivity index (χ3v) is 7.24. The molecule has 0 saturated carbocycles. The highest BCUT2D eigenvalue weighted by Crippen LogP contribution is 2.40. The van der Waals surface area contributed by atoms with E-state index in [0.717, 1.165) is 30.8 Å². The smallest absolute Gasteiger partial charge is 0.256 e. The molecule has 0 radical (unpaired) electrons. The first-order valence-electron chi connectivity index (χ1n) is 12.2. The van der Waals surface area contributed by atoms with Gasteiger partial charge in [0.05, 0.1) is 0 Å². The van der Waals surface area contributed by atoms with E-state index in [0.29, 0.717) is 0 Å². The van der Waals surface area contributed by atoms with E-state index in [4.69, 9.17) is 4.74 Å². The van der Waals surface area contributed by atoms with Crippen molar-refractivity contribution in [2.75, 3.05) is 4.90 Å². The highest BCUT2D eigenvalue weighted by molar-refractivity contribution is 6.99. The topological polar surface area (TPSA) is 12.5 Å². The minimum absolute atomic E-state index is 0.180. The molecular formula is C30H28BNO. The van der Waals surface area contributed by atoms with E-state index in [9.17, 15) is 0 Å². The molecule has 0 fully saturated rings. The van der Waals surface area contributed by atoms with Crippen LogP contribution in [0.3, 0.4) is 0 Å². The van der Waals surface area contributed by atoms with E-state index in [-0.39, 0.29) is 6.71 Å². The highest BCUT2D eigenvalue weighted by atomic mass is 16.5. The fourth-order valence-corrected chi connectivity index (χ4v) is 5.39. The van der Waals surface area contributed by atoms with Gasteiger partial charge in [0, 0.05) is 17.1 Å². The number of rotatable bonds is 4. The molecule has 2 nitrogen and oxygen atoms in total. The minimum Gasteiger partial charge on any atom is -0.458 e. The lowest BCUT2D eigenvalue weighted by atomic mass is 9.34. The predicted molar refractivity (Wildman–Crippen MR) is 140 cm³/mol. The van der Waals surface area contributed by atoms with Crippen molar-refractivity contribution in [3.05, 3.63) is 95.6 Å². The number of benzene rings is 4. The van der Waals surface area contributed by atoms with Crippen molar-refractivity contribution in [1.29, 1.82) is 0 Å². The Morgan fingerprint density at radius 1 is 0.636 bits per heavy atom. The van der Waals surface area contributed by atoms with Crippen LogP contribution in [-0.2, 0) is 19.3 Å². The summed E-state index contributed by atoms with van der Waals surface area (Å²) in [6.45, 7) is 6.84. The lowest BCUT2D eigenvalue weighted by Gasteiger charge is -2.40. The van der Waals surface area contributed by atoms with Crippen LogP contribution < -0.4 is 26.0 Å². The molecule has 2 heterocycles. The molecule has 0 saturated heterocycles. The maximum Gasteiger partial charge on any atom is 0.256 e. The van der Waals surface area contributed by atoms with Gasteiger partial charge in [0.25, 0.3) is 6.71 Å². The fraction of sp³-hybridized carbons (Fsp3) is 0.200. The maximum atomic E-state index is 6.49. The SMILES string of the molecule is CCc1ccc(N2c3ccc(CC)cc3B3c4cc(CC)ccc4Oc4cccc2c43)cc1. The van der Waals surface area contributed by atoms with Gasteiger partial charge in [0.2, 0.25) is 0 Å². The minimum atomic E-state index is 0.180. The zero-order valence-electron chi connectivity index (χ0n) is 19.6. The summed E-state index contributed by atoms with van der Waals surface area (Å²) in [5.41, 5.74) is 11.7. The first-order valence-corrected chi connectivity index (χ1v) is 12.2. The molecule has 3 heteroatoms. The van der Waals surface area contributed by atoms with Crippen LogP contribution in [0.4, 0.5) is 17.1 Å². The molecule has 6 rings (SSSR count). The van der Waals surface area contributed by atoms with Crippen molar-refractivity contribution in [1.82, 2.24) is 0 Å². The Balaban J connectivity index is 1.64. The van der Waals surface area contributed by atoms with Crippen LogP contribution in [-0.4, -0.2) is 6.71 Å². The Morgan fingerprint density at radius 2 is 1.30 bits per heavy atom. The molecule has 0 N–H and O–H groups in total. The van der Waals surface area contributed by atoms with Gasteiger partial charge in [-0.3, -0.25) is 0 Å². The summed E-state index contributed by atoms with van der Waals surface area (Å²) in [5.74, 6) is 1.95. The van der Waals surface area contributed by atoms with Crippen molar-refractivity contribution >= 4 is 40.2 Å². The van der Waals surface area contributed by atoms with E-state index >= 15 is 0 Å². The molecule has 0 amide bonds. The summed E-state index contributed by atoms with van der Waals surface area (Å²) in [6.07, 6.45) is 3.09. The van der Waals surface area contributed by atoms with Crippen molar-refractivity contribution in [2.24, 2.45) is 0 Å². The van der Waals surface area contributed by atoms with Crippen molar-refractivity contribution in [3.63, 3.8) is 0 Å². The van der Waals surface area contributed by atoms with E-state index in [1.54, 1.807) is 0 Å². The lowest BCUT2D eigenvalue weighted by molar-refractivity contribution is 0.487. The monoisotopic (exact) mass is 429 g/mol. The third-order valence-electron chi connectivity index (χ3n) is 7.24. The third kappa shape index (κ3) is 3.10. The molecule has 0 bridgehead atoms. The number of hydrogen-bond donors (Lipinski definition) is 0. The zero-order valence-corrected chi connectivity index (χ0v) is 19.6. The Morgan fingerprint density at radius 3 is 2.03 bits per heavy atom. The molecule has 162 valence electrons. The van der Waals surface area contributed by atoms with Crippen molar-refractivity contribution < 1.29 is 4.74 Å². The Labute approximate surface area is 196 Å². The molecule has 0 spiro atoms. The van der Waals surface area contributed by atoms with Gasteiger partial charge >= 0.3 is 0 Å². The Bertz CT molecular complexity index is 1360. The largest absolute Gasteiger partial charge is 0.458 e. The summed E-state index contributed by atoms with van der Waals surface area (Å²) in [7, 11) is 0. The summed E-state index contributed by atoms with van der Waals surface area (Å²) < 4.78 is 6.49. The van der Waals surface area contributed by atoms with Gasteiger partial charge < -0.3 is 9.64 Å². The van der Waals surface area contributed by atoms with Crippen molar-refractivity contribution in [3.8, 4) is 11.5 Å². The summed E-state index contributed by atoms with van der Waals surface area (Å²) >= 11 is 0. The molecule has 4 aromatic carbocycles. The average molecular weight is 429 g/mol. The highest BCUT2D eigenvalue weighted by Gasteiger charge is 2.41. The van der Waals surface area contributed by atoms with Crippen LogP contribution in [0.15, 0.2) is 78.9 Å². The second kappa shape index (κ2) is 7.84. The van der Waals surface area contributed by atoms with Gasteiger partial charge in [-0.1, -0.05) is 63.2 Å². The van der Waals surface area contributed by atoms with E-state index in [1.165, 1.54) is 50.1 Å². The molecule has 4 aromatic rings. The molecular weight excluding hydrogens is 401 g/mol. The number of aryl methyl sites for hydroxylation is 3. The molecule has 0 unspecified atom stereocenters. The van der Waals surface area contributed by atoms with Crippen LogP contribution in [0.5, 0.6) is 11.5 Å². The second-order valence-electron chi connectivity index (χ2n) is 9.05. The van der Waals surface area contributed by atoms with Crippen LogP contribution in [0.2, 0.25) is 0 Å². The van der Waals surface area contributed by atoms with Crippen LogP contribution in [0.1, 0.15) is 37.5 Å². The first kappa shape index (κ1) is 20.2. The number of fused-ring (bicyclic) bond motifs is 4. The molecule has 0 aromatic heterocycles. The van der Waals surface area contributed by atoms with E-state index in [2.05, 4.69) is 105 Å². The van der Waals surface area contributed by atoms with E-state index in [1.807, 2.05) is 0 Å². The van der Waals surface area contributed by atoms with Gasteiger partial charge in [0.15, 0.2) is 0 Å². The number of anilines is 3. The molecule has 0 aliphatic carbocycles. The predicted octanol–water partition coefficient (Wildman–Crippen LogP) is 5.78. The molecule has 0 atom stereocenters. The molecule has 2 aliphatic heterocycles. The van der Waals surface area contributed by atoms with Gasteiger partial charge in [0.1, 0.15) is 11.5 Å². The van der Waals surface area contributed by atoms with Gasteiger partial charge in [-0.05, 0) is 88.7 Å². The van der Waals surface area contributed by atoms with Crippen LogP contribution in [0, 0.1) is 0 Å². The number of nitrogens with zero attached hydrogens (tertiary/aromatic N) is 1. The summed E-state index contributed by atoms with van der Waals surface area (Å²) in [6, 6.07) is 29.2. The standard InChI is InChI=1S/C30H28BNO/c1-4-20-10-14-23(15-11-20)32-26-16-12-21(5-2)18-24(26)31-25-19-22(6-3)13-17-28(25)33-29-9-7-8-27(32)30(29)31/h7-19H,4-6H2,1-3H3. The molecule has 33 heavy (non-hydrogen) atoms. The molecule has 2 aliphatic rings. The normalized spacial score (nSPS) is 13.2. The van der Waals surface area contributed by atoms with Crippen molar-refractivity contribution in [2.45, 2.75) is 40.0 Å². The maximum absolute atomic E-state index is 6.49. The summed E-state index contributed by atoms with van der Waals surface area (Å²) in [4.78, 5) is 2.42. The van der Waals surface area contributed by atoms with Crippen LogP contribution in [0.25, 0.3) is 0 Å². The van der Waals surface area contributed by atoms with Gasteiger partial charge in [-0.2, -0.15) is 0 Å². The average Bonchev–Trinajstić information content (AvgIpc) is 2.88. The van der Waals surface area contributed by atoms with Gasteiger partial charge in [-0.25, -0.2) is 0 Å². The first-order chi connectivity index (χ1) is 16.2. The second-order valence-corrected chi connectivity index (χ2v) is 9.05.